The minimum absolute atomic E-state index is 0.380. The van der Waals surface area contributed by atoms with Gasteiger partial charge >= 0.3 is 5.97 Å². The van der Waals surface area contributed by atoms with E-state index < -0.39 is 8.32 Å². The third-order valence-corrected chi connectivity index (χ3v) is 13.3. The van der Waals surface area contributed by atoms with Gasteiger partial charge in [0, 0.05) is 22.4 Å². The summed E-state index contributed by atoms with van der Waals surface area (Å²) in [5.74, 6) is 1.05. The average Bonchev–Trinajstić information content (AvgIpc) is 3.12. The van der Waals surface area contributed by atoms with Crippen LogP contribution in [0, 0.1) is 0 Å². The second-order valence-electron chi connectivity index (χ2n) is 10.9. The second-order valence-corrected chi connectivity index (χ2v) is 16.3. The molecule has 3 aromatic rings. The Morgan fingerprint density at radius 3 is 2.24 bits per heavy atom. The molecule has 5 nitrogen and oxygen atoms in total. The van der Waals surface area contributed by atoms with E-state index >= 15 is 0 Å². The molecule has 0 fully saturated rings. The molecule has 182 valence electrons. The van der Waals surface area contributed by atoms with Crippen LogP contribution >= 0.6 is 0 Å². The number of H-pyrrole nitrogens is 1. The van der Waals surface area contributed by atoms with Crippen LogP contribution in [0.1, 0.15) is 71.3 Å². The molecule has 6 heteroatoms. The Hall–Kier alpha value is -2.73. The van der Waals surface area contributed by atoms with Crippen LogP contribution in [0.2, 0.25) is 16.6 Å². The summed E-state index contributed by atoms with van der Waals surface area (Å²) in [6.45, 7) is 17.5. The van der Waals surface area contributed by atoms with E-state index in [2.05, 4.69) is 70.8 Å². The van der Waals surface area contributed by atoms with Crippen molar-refractivity contribution in [1.82, 2.24) is 4.98 Å². The molecule has 1 N–H and O–H groups in total. The van der Waals surface area contributed by atoms with Crippen molar-refractivity contribution >= 4 is 42.2 Å². The molecule has 0 saturated carbocycles. The zero-order chi connectivity index (χ0) is 25.0. The maximum absolute atomic E-state index is 12.9. The van der Waals surface area contributed by atoms with E-state index in [4.69, 9.17) is 13.9 Å². The monoisotopic (exact) mass is 479 g/mol. The Labute approximate surface area is 203 Å². The number of rotatable bonds is 6. The fourth-order valence-electron chi connectivity index (χ4n) is 5.71. The molecule has 1 aliphatic heterocycles. The third kappa shape index (κ3) is 3.82. The van der Waals surface area contributed by atoms with Gasteiger partial charge in [-0.25, -0.2) is 4.79 Å². The van der Waals surface area contributed by atoms with Crippen molar-refractivity contribution in [2.75, 3.05) is 7.11 Å². The molecule has 0 saturated heterocycles. The predicted octanol–water partition coefficient (Wildman–Crippen LogP) is 7.85. The first-order valence-electron chi connectivity index (χ1n) is 12.2. The number of fused-ring (bicyclic) bond motifs is 5. The molecule has 0 radical (unpaired) electrons. The molecule has 1 aliphatic rings. The topological polar surface area (TPSA) is 60.5 Å². The van der Waals surface area contributed by atoms with Crippen LogP contribution in [0.15, 0.2) is 30.3 Å². The number of carbonyl (C=O) groups excluding carboxylic acids is 1. The smallest absolute Gasteiger partial charge is 0.341 e. The summed E-state index contributed by atoms with van der Waals surface area (Å²) in [6.07, 6.45) is 4.17. The van der Waals surface area contributed by atoms with Crippen molar-refractivity contribution in [1.29, 1.82) is 0 Å². The summed E-state index contributed by atoms with van der Waals surface area (Å²) in [7, 11) is -0.864. The number of methoxy groups -OCH3 is 1. The molecule has 2 aromatic carbocycles. The molecule has 34 heavy (non-hydrogen) atoms. The van der Waals surface area contributed by atoms with E-state index in [1.54, 1.807) is 0 Å². The summed E-state index contributed by atoms with van der Waals surface area (Å²) in [6, 6.07) is 8.03. The van der Waals surface area contributed by atoms with Crippen molar-refractivity contribution < 1.29 is 18.7 Å². The fraction of sp³-hybridized carbons (Fsp3) is 0.464. The van der Waals surface area contributed by atoms with Gasteiger partial charge in [-0.2, -0.15) is 0 Å². The zero-order valence-corrected chi connectivity index (χ0v) is 22.8. The number of hydrogen-bond donors (Lipinski definition) is 1. The molecule has 0 unspecified atom stereocenters. The molecule has 4 rings (SSSR count). The fourth-order valence-corrected chi connectivity index (χ4v) is 11.0. The first kappa shape index (κ1) is 24.4. The number of aromatic amines is 1. The summed E-state index contributed by atoms with van der Waals surface area (Å²) >= 11 is 0. The molecular weight excluding hydrogens is 442 g/mol. The second kappa shape index (κ2) is 8.49. The normalized spacial score (nSPS) is 15.3. The summed E-state index contributed by atoms with van der Waals surface area (Å²) in [4.78, 5) is 16.5. The van der Waals surface area contributed by atoms with Crippen LogP contribution in [0.4, 0.5) is 0 Å². The minimum Gasteiger partial charge on any atom is -0.542 e. The van der Waals surface area contributed by atoms with E-state index in [1.165, 1.54) is 7.11 Å². The Bertz CT molecular complexity index is 1260. The maximum Gasteiger partial charge on any atom is 0.341 e. The van der Waals surface area contributed by atoms with E-state index in [9.17, 15) is 4.79 Å². The Morgan fingerprint density at radius 2 is 1.65 bits per heavy atom. The summed E-state index contributed by atoms with van der Waals surface area (Å²) in [5.41, 5.74) is 4.10. The van der Waals surface area contributed by atoms with Gasteiger partial charge in [-0.1, -0.05) is 59.8 Å². The zero-order valence-electron chi connectivity index (χ0n) is 21.8. The van der Waals surface area contributed by atoms with Gasteiger partial charge in [0.2, 0.25) is 0 Å². The summed E-state index contributed by atoms with van der Waals surface area (Å²) < 4.78 is 18.5. The predicted molar refractivity (Wildman–Crippen MR) is 143 cm³/mol. The largest absolute Gasteiger partial charge is 0.542 e. The first-order chi connectivity index (χ1) is 15.9. The molecule has 0 atom stereocenters. The lowest BCUT2D eigenvalue weighted by atomic mass is 10.0. The molecule has 0 amide bonds. The van der Waals surface area contributed by atoms with E-state index in [0.29, 0.717) is 27.9 Å². The third-order valence-electron chi connectivity index (χ3n) is 7.29. The molecular formula is C28H37NO4Si. The van der Waals surface area contributed by atoms with E-state index in [1.807, 2.05) is 26.0 Å². The Kier molecular flexibility index (Phi) is 6.09. The molecule has 1 aromatic heterocycles. The van der Waals surface area contributed by atoms with Crippen molar-refractivity contribution in [3.63, 3.8) is 0 Å². The summed E-state index contributed by atoms with van der Waals surface area (Å²) in [5, 5.41) is 1.96. The van der Waals surface area contributed by atoms with Crippen LogP contribution in [0.5, 0.6) is 11.5 Å². The molecule has 0 bridgehead atoms. The van der Waals surface area contributed by atoms with Crippen LogP contribution in [-0.4, -0.2) is 32.0 Å². The van der Waals surface area contributed by atoms with Crippen LogP contribution in [-0.2, 0) is 4.74 Å². The highest BCUT2D eigenvalue weighted by Gasteiger charge is 2.47. The highest BCUT2D eigenvalue weighted by atomic mass is 28.4. The number of carbonyl (C=O) groups is 1. The maximum atomic E-state index is 12.9. The number of hydrogen-bond acceptors (Lipinski definition) is 4. The molecule has 0 spiro atoms. The van der Waals surface area contributed by atoms with Crippen LogP contribution in [0.3, 0.4) is 0 Å². The van der Waals surface area contributed by atoms with Crippen molar-refractivity contribution in [3.05, 3.63) is 41.5 Å². The standard InChI is InChI=1S/C28H37NO4Si/c1-16(2)34(17(3)4,18(5)6)33-24-15-23-21(14-22(24)27(30)31-9)20-11-10-19-12-13-28(7,8)32-26(19)25(20)29-23/h10-18,29H,1-9H3. The Balaban J connectivity index is 1.97. The van der Waals surface area contributed by atoms with Crippen LogP contribution < -0.4 is 9.16 Å². The molecule has 2 heterocycles. The van der Waals surface area contributed by atoms with Crippen molar-refractivity contribution in [2.45, 2.75) is 77.6 Å². The lowest BCUT2D eigenvalue weighted by molar-refractivity contribution is 0.0598. The highest BCUT2D eigenvalue weighted by Crippen LogP contribution is 2.45. The van der Waals surface area contributed by atoms with Gasteiger partial charge in [-0.05, 0) is 42.6 Å². The van der Waals surface area contributed by atoms with Gasteiger partial charge in [0.25, 0.3) is 8.32 Å². The highest BCUT2D eigenvalue weighted by molar-refractivity contribution is 6.78. The van der Waals surface area contributed by atoms with Gasteiger partial charge in [-0.15, -0.1) is 0 Å². The number of esters is 1. The SMILES string of the molecule is COC(=O)c1cc2c(cc1O[Si](C(C)C)(C(C)C)C(C)C)[nH]c1c3c(ccc12)C=CC(C)(C)O3. The van der Waals surface area contributed by atoms with E-state index in [0.717, 1.165) is 33.1 Å². The van der Waals surface area contributed by atoms with Gasteiger partial charge in [-0.3, -0.25) is 0 Å². The first-order valence-corrected chi connectivity index (χ1v) is 14.3. The van der Waals surface area contributed by atoms with Gasteiger partial charge in [0.05, 0.1) is 18.1 Å². The number of benzene rings is 2. The van der Waals surface area contributed by atoms with Gasteiger partial charge in [0.15, 0.2) is 5.75 Å². The molecule has 0 aliphatic carbocycles. The lowest BCUT2D eigenvalue weighted by Gasteiger charge is -2.42. The Morgan fingerprint density at radius 1 is 1.00 bits per heavy atom. The minimum atomic E-state index is -2.28. The average molecular weight is 480 g/mol. The van der Waals surface area contributed by atoms with Crippen molar-refractivity contribution in [3.8, 4) is 11.5 Å². The number of aromatic nitrogens is 1. The van der Waals surface area contributed by atoms with Crippen molar-refractivity contribution in [2.24, 2.45) is 0 Å². The van der Waals surface area contributed by atoms with E-state index in [-0.39, 0.29) is 11.6 Å². The van der Waals surface area contributed by atoms with Crippen LogP contribution in [0.25, 0.3) is 27.9 Å². The van der Waals surface area contributed by atoms with Gasteiger partial charge < -0.3 is 18.9 Å². The number of ether oxygens (including phenoxy) is 2. The van der Waals surface area contributed by atoms with Gasteiger partial charge in [0.1, 0.15) is 16.9 Å². The number of nitrogens with one attached hydrogen (secondary N) is 1. The quantitative estimate of drug-likeness (QED) is 0.289. The lowest BCUT2D eigenvalue weighted by Crippen LogP contribution is -2.51.